The largest absolute Gasteiger partial charge is 0.497 e. The molecule has 1 atom stereocenters. The Morgan fingerprint density at radius 1 is 1.06 bits per heavy atom. The molecule has 1 aliphatic heterocycles. The van der Waals surface area contributed by atoms with Crippen molar-refractivity contribution in [3.63, 3.8) is 0 Å². The smallest absolute Gasteiger partial charge is 0.258 e. The number of nitrogens with zero attached hydrogens (tertiary/aromatic N) is 1. The summed E-state index contributed by atoms with van der Waals surface area (Å²) in [5.74, 6) is -0.134. The normalized spacial score (nSPS) is 15.0. The van der Waals surface area contributed by atoms with Gasteiger partial charge in [-0.05, 0) is 66.4 Å². The first-order valence-corrected chi connectivity index (χ1v) is 11.7. The van der Waals surface area contributed by atoms with Crippen molar-refractivity contribution in [1.82, 2.24) is 5.32 Å². The lowest BCUT2D eigenvalue weighted by atomic mass is 10.1. The number of halogens is 1. The van der Waals surface area contributed by atoms with E-state index in [1.54, 1.807) is 18.1 Å². The molecular weight excluding hydrogens is 447 g/mol. The number of methoxy groups -OCH3 is 1. The summed E-state index contributed by atoms with van der Waals surface area (Å²) in [6, 6.07) is 20.4. The van der Waals surface area contributed by atoms with Gasteiger partial charge in [-0.15, -0.1) is 0 Å². The maximum Gasteiger partial charge on any atom is 0.258 e. The minimum atomic E-state index is -0.468. The number of carbonyl (C=O) groups excluding carboxylic acids is 2. The van der Waals surface area contributed by atoms with Crippen molar-refractivity contribution in [2.24, 2.45) is 0 Å². The Bertz CT molecular complexity index is 1140. The van der Waals surface area contributed by atoms with E-state index in [-0.39, 0.29) is 29.9 Å². The van der Waals surface area contributed by atoms with E-state index in [1.165, 1.54) is 18.2 Å². The van der Waals surface area contributed by atoms with Gasteiger partial charge in [-0.2, -0.15) is 0 Å². The number of amides is 2. The summed E-state index contributed by atoms with van der Waals surface area (Å²) in [6.45, 7) is 1.57. The summed E-state index contributed by atoms with van der Waals surface area (Å²) in [6.07, 6.45) is 2.34. The number of rotatable bonds is 9. The molecule has 3 aromatic carbocycles. The second-order valence-corrected chi connectivity index (χ2v) is 8.53. The summed E-state index contributed by atoms with van der Waals surface area (Å²) in [5, 5.41) is 2.92. The molecule has 0 aromatic heterocycles. The monoisotopic (exact) mass is 476 g/mol. The SMILES string of the molecule is COc1ccc(CN(C(=O)c2cccc(F)c2)c2ccc(CC(=O)NC[C@H]3CCCO3)cc2)cc1. The third-order valence-corrected chi connectivity index (χ3v) is 5.98. The first kappa shape index (κ1) is 24.4. The minimum Gasteiger partial charge on any atom is -0.497 e. The Morgan fingerprint density at radius 2 is 1.80 bits per heavy atom. The summed E-state index contributed by atoms with van der Waals surface area (Å²) < 4.78 is 24.6. The molecule has 1 N–H and O–H groups in total. The van der Waals surface area contributed by atoms with Crippen LogP contribution in [0.4, 0.5) is 10.1 Å². The quantitative estimate of drug-likeness (QED) is 0.493. The number of hydrogen-bond acceptors (Lipinski definition) is 4. The molecule has 4 rings (SSSR count). The summed E-state index contributed by atoms with van der Waals surface area (Å²) >= 11 is 0. The third kappa shape index (κ3) is 6.67. The highest BCUT2D eigenvalue weighted by molar-refractivity contribution is 6.06. The molecule has 1 fully saturated rings. The lowest BCUT2D eigenvalue weighted by molar-refractivity contribution is -0.120. The molecule has 1 heterocycles. The van der Waals surface area contributed by atoms with Gasteiger partial charge in [0.2, 0.25) is 5.91 Å². The number of carbonyl (C=O) groups is 2. The second-order valence-electron chi connectivity index (χ2n) is 8.53. The molecule has 0 saturated carbocycles. The van der Waals surface area contributed by atoms with Crippen LogP contribution in [0, 0.1) is 5.82 Å². The van der Waals surface area contributed by atoms with Gasteiger partial charge in [0.15, 0.2) is 0 Å². The van der Waals surface area contributed by atoms with E-state index in [2.05, 4.69) is 5.32 Å². The Kier molecular flexibility index (Phi) is 8.11. The van der Waals surface area contributed by atoms with Crippen molar-refractivity contribution in [3.05, 3.63) is 95.3 Å². The average molecular weight is 477 g/mol. The van der Waals surface area contributed by atoms with E-state index in [0.717, 1.165) is 36.3 Å². The van der Waals surface area contributed by atoms with Gasteiger partial charge in [0, 0.05) is 24.4 Å². The molecule has 182 valence electrons. The summed E-state index contributed by atoms with van der Waals surface area (Å²) in [5.41, 5.74) is 2.64. The van der Waals surface area contributed by atoms with Crippen LogP contribution in [0.15, 0.2) is 72.8 Å². The Morgan fingerprint density at radius 3 is 2.46 bits per heavy atom. The molecule has 0 radical (unpaired) electrons. The van der Waals surface area contributed by atoms with Gasteiger partial charge in [-0.3, -0.25) is 9.59 Å². The van der Waals surface area contributed by atoms with Gasteiger partial charge in [0.1, 0.15) is 11.6 Å². The van der Waals surface area contributed by atoms with E-state index < -0.39 is 5.82 Å². The van der Waals surface area contributed by atoms with E-state index >= 15 is 0 Å². The molecule has 1 saturated heterocycles. The number of anilines is 1. The molecule has 0 spiro atoms. The lowest BCUT2D eigenvalue weighted by Crippen LogP contribution is -2.32. The highest BCUT2D eigenvalue weighted by atomic mass is 19.1. The van der Waals surface area contributed by atoms with Gasteiger partial charge in [-0.25, -0.2) is 4.39 Å². The van der Waals surface area contributed by atoms with Crippen molar-refractivity contribution in [1.29, 1.82) is 0 Å². The van der Waals surface area contributed by atoms with Crippen LogP contribution >= 0.6 is 0 Å². The highest BCUT2D eigenvalue weighted by Gasteiger charge is 2.20. The van der Waals surface area contributed by atoms with Gasteiger partial charge in [-0.1, -0.05) is 30.3 Å². The number of benzene rings is 3. The van der Waals surface area contributed by atoms with Crippen molar-refractivity contribution < 1.29 is 23.5 Å². The zero-order chi connectivity index (χ0) is 24.6. The Labute approximate surface area is 204 Å². The van der Waals surface area contributed by atoms with Crippen LogP contribution in [-0.4, -0.2) is 38.2 Å². The number of ether oxygens (including phenoxy) is 2. The summed E-state index contributed by atoms with van der Waals surface area (Å²) in [7, 11) is 1.60. The van der Waals surface area contributed by atoms with Crippen molar-refractivity contribution in [2.75, 3.05) is 25.2 Å². The predicted octanol–water partition coefficient (Wildman–Crippen LogP) is 4.52. The molecule has 3 aromatic rings. The standard InChI is InChI=1S/C28H29FN2O4/c1-34-25-13-9-21(10-14-25)19-31(28(33)22-4-2-5-23(29)17-22)24-11-7-20(8-12-24)16-27(32)30-18-26-6-3-15-35-26/h2,4-5,7-14,17,26H,3,6,15-16,18-19H2,1H3,(H,30,32)/t26-/m1/s1. The zero-order valence-corrected chi connectivity index (χ0v) is 19.7. The van der Waals surface area contributed by atoms with Crippen LogP contribution < -0.4 is 15.0 Å². The number of nitrogens with one attached hydrogen (secondary N) is 1. The molecule has 7 heteroatoms. The van der Waals surface area contributed by atoms with E-state index in [1.807, 2.05) is 48.5 Å². The van der Waals surface area contributed by atoms with Crippen LogP contribution in [0.5, 0.6) is 5.75 Å². The first-order valence-electron chi connectivity index (χ1n) is 11.7. The molecular formula is C28H29FN2O4. The van der Waals surface area contributed by atoms with Crippen LogP contribution in [-0.2, 0) is 22.5 Å². The van der Waals surface area contributed by atoms with E-state index in [0.29, 0.717) is 18.8 Å². The number of hydrogen-bond donors (Lipinski definition) is 1. The van der Waals surface area contributed by atoms with Crippen LogP contribution in [0.1, 0.15) is 34.3 Å². The van der Waals surface area contributed by atoms with Gasteiger partial charge in [0.05, 0.1) is 26.2 Å². The molecule has 6 nitrogen and oxygen atoms in total. The zero-order valence-electron chi connectivity index (χ0n) is 19.7. The fourth-order valence-corrected chi connectivity index (χ4v) is 4.05. The fraction of sp³-hybridized carbons (Fsp3) is 0.286. The molecule has 35 heavy (non-hydrogen) atoms. The van der Waals surface area contributed by atoms with Crippen molar-refractivity contribution in [3.8, 4) is 5.75 Å². The second kappa shape index (κ2) is 11.6. The van der Waals surface area contributed by atoms with Crippen LogP contribution in [0.2, 0.25) is 0 Å². The predicted molar refractivity (Wildman–Crippen MR) is 132 cm³/mol. The molecule has 0 bridgehead atoms. The van der Waals surface area contributed by atoms with Crippen molar-refractivity contribution in [2.45, 2.75) is 31.9 Å². The Balaban J connectivity index is 1.49. The molecule has 0 aliphatic carbocycles. The van der Waals surface area contributed by atoms with E-state index in [9.17, 15) is 14.0 Å². The van der Waals surface area contributed by atoms with Crippen molar-refractivity contribution >= 4 is 17.5 Å². The van der Waals surface area contributed by atoms with Gasteiger partial charge >= 0.3 is 0 Å². The van der Waals surface area contributed by atoms with Crippen LogP contribution in [0.3, 0.4) is 0 Å². The summed E-state index contributed by atoms with van der Waals surface area (Å²) in [4.78, 5) is 27.3. The van der Waals surface area contributed by atoms with Crippen LogP contribution in [0.25, 0.3) is 0 Å². The molecule has 0 unspecified atom stereocenters. The van der Waals surface area contributed by atoms with Gasteiger partial charge in [0.25, 0.3) is 5.91 Å². The maximum atomic E-state index is 13.8. The lowest BCUT2D eigenvalue weighted by Gasteiger charge is -2.24. The molecule has 1 aliphatic rings. The maximum absolute atomic E-state index is 13.8. The Hall–Kier alpha value is -3.71. The topological polar surface area (TPSA) is 67.9 Å². The minimum absolute atomic E-state index is 0.0702. The molecule has 2 amide bonds. The highest BCUT2D eigenvalue weighted by Crippen LogP contribution is 2.23. The van der Waals surface area contributed by atoms with Gasteiger partial charge < -0.3 is 19.7 Å². The first-order chi connectivity index (χ1) is 17.0. The average Bonchev–Trinajstić information content (AvgIpc) is 3.40. The third-order valence-electron chi connectivity index (χ3n) is 5.98. The van der Waals surface area contributed by atoms with E-state index in [4.69, 9.17) is 9.47 Å². The fourth-order valence-electron chi connectivity index (χ4n) is 4.05.